The van der Waals surface area contributed by atoms with Gasteiger partial charge < -0.3 is 30.7 Å². The molecular formula is C14H20N6O4. The van der Waals surface area contributed by atoms with E-state index in [2.05, 4.69) is 19.9 Å². The molecule has 2 aromatic heterocycles. The van der Waals surface area contributed by atoms with Crippen molar-refractivity contribution in [3.05, 3.63) is 6.33 Å². The van der Waals surface area contributed by atoms with E-state index >= 15 is 0 Å². The molecule has 2 saturated heterocycles. The Morgan fingerprint density at radius 2 is 1.96 bits per heavy atom. The number of imidazole rings is 1. The third kappa shape index (κ3) is 2.22. The van der Waals surface area contributed by atoms with Crippen LogP contribution in [0.3, 0.4) is 0 Å². The van der Waals surface area contributed by atoms with Crippen LogP contribution in [0.4, 0.5) is 11.8 Å². The molecule has 0 aliphatic carbocycles. The van der Waals surface area contributed by atoms with Crippen molar-refractivity contribution in [2.45, 2.75) is 37.4 Å². The van der Waals surface area contributed by atoms with Gasteiger partial charge in [-0.3, -0.25) is 4.57 Å². The number of anilines is 2. The lowest BCUT2D eigenvalue weighted by Gasteiger charge is -2.23. The number of hydrogen-bond donors (Lipinski definition) is 4. The largest absolute Gasteiger partial charge is 0.394 e. The Kier molecular flexibility index (Phi) is 3.76. The van der Waals surface area contributed by atoms with Crippen molar-refractivity contribution in [1.29, 1.82) is 0 Å². The third-order valence-corrected chi connectivity index (χ3v) is 4.65. The monoisotopic (exact) mass is 336 g/mol. The van der Waals surface area contributed by atoms with Crippen LogP contribution in [0.1, 0.15) is 19.1 Å². The van der Waals surface area contributed by atoms with Crippen molar-refractivity contribution in [1.82, 2.24) is 19.5 Å². The van der Waals surface area contributed by atoms with E-state index in [1.165, 1.54) is 6.33 Å². The number of fused-ring (bicyclic) bond motifs is 1. The summed E-state index contributed by atoms with van der Waals surface area (Å²) < 4.78 is 7.31. The molecule has 0 saturated carbocycles. The normalized spacial score (nSPS) is 30.5. The second-order valence-electron chi connectivity index (χ2n) is 6.14. The Balaban J connectivity index is 1.86. The zero-order valence-electron chi connectivity index (χ0n) is 13.0. The smallest absolute Gasteiger partial charge is 0.210 e. The zero-order valence-corrected chi connectivity index (χ0v) is 13.0. The van der Waals surface area contributed by atoms with Crippen LogP contribution in [0.2, 0.25) is 0 Å². The summed E-state index contributed by atoms with van der Waals surface area (Å²) in [4.78, 5) is 14.8. The van der Waals surface area contributed by atoms with Crippen LogP contribution in [0.25, 0.3) is 11.2 Å². The Hall–Kier alpha value is -2.01. The first kappa shape index (κ1) is 15.5. The van der Waals surface area contributed by atoms with Crippen LogP contribution < -0.4 is 10.6 Å². The lowest BCUT2D eigenvalue weighted by molar-refractivity contribution is -0.0504. The highest BCUT2D eigenvalue weighted by atomic mass is 16.6. The fraction of sp³-hybridized carbons (Fsp3) is 0.643. The predicted molar refractivity (Wildman–Crippen MR) is 84.2 cm³/mol. The lowest BCUT2D eigenvalue weighted by Crippen LogP contribution is -2.34. The Labute approximate surface area is 137 Å². The number of nitrogens with zero attached hydrogens (tertiary/aromatic N) is 5. The van der Waals surface area contributed by atoms with Crippen LogP contribution in [0, 0.1) is 0 Å². The summed E-state index contributed by atoms with van der Waals surface area (Å²) in [5.41, 5.74) is 6.77. The van der Waals surface area contributed by atoms with E-state index in [4.69, 9.17) is 10.5 Å². The second-order valence-corrected chi connectivity index (χ2v) is 6.14. The van der Waals surface area contributed by atoms with Gasteiger partial charge in [0, 0.05) is 13.1 Å². The number of aliphatic hydroxyl groups excluding tert-OH is 3. The van der Waals surface area contributed by atoms with Crippen LogP contribution in [0.5, 0.6) is 0 Å². The standard InChI is InChI=1S/C14H20N6O4/c15-11-8-12(17-6-16-11)20(14(18-8)19-3-1-2-4-19)13-10(23)9(22)7(5-21)24-13/h6-7,9-10,13,21-23H,1-5H2,(H2,15,16,17)/t7-,9-,10-,13-/m1/s1. The van der Waals surface area contributed by atoms with E-state index in [-0.39, 0.29) is 5.82 Å². The average Bonchev–Trinajstić information content (AvgIpc) is 3.27. The maximum absolute atomic E-state index is 10.4. The minimum Gasteiger partial charge on any atom is -0.394 e. The van der Waals surface area contributed by atoms with Crippen molar-refractivity contribution in [2.75, 3.05) is 30.3 Å². The summed E-state index contributed by atoms with van der Waals surface area (Å²) in [6.07, 6.45) is -0.772. The predicted octanol–water partition coefficient (Wildman–Crippen LogP) is -1.38. The molecule has 24 heavy (non-hydrogen) atoms. The molecule has 2 fully saturated rings. The van der Waals surface area contributed by atoms with Gasteiger partial charge in [0.05, 0.1) is 6.61 Å². The SMILES string of the molecule is Nc1ncnc2c1nc(N1CCCC1)n2[C@@H]1O[C@H](CO)[C@@H](O)[C@H]1O. The molecule has 10 heteroatoms. The van der Waals surface area contributed by atoms with E-state index in [0.29, 0.717) is 17.1 Å². The third-order valence-electron chi connectivity index (χ3n) is 4.65. The molecule has 4 atom stereocenters. The highest BCUT2D eigenvalue weighted by Gasteiger charge is 2.45. The fourth-order valence-corrected chi connectivity index (χ4v) is 3.38. The summed E-state index contributed by atoms with van der Waals surface area (Å²) in [6, 6.07) is 0. The maximum atomic E-state index is 10.4. The highest BCUT2D eigenvalue weighted by molar-refractivity contribution is 5.84. The summed E-state index contributed by atoms with van der Waals surface area (Å²) >= 11 is 0. The summed E-state index contributed by atoms with van der Waals surface area (Å²) in [5.74, 6) is 0.815. The molecule has 0 radical (unpaired) electrons. The van der Waals surface area contributed by atoms with Crippen LogP contribution in [-0.4, -0.2) is 72.8 Å². The van der Waals surface area contributed by atoms with Crippen LogP contribution in [0.15, 0.2) is 6.33 Å². The van der Waals surface area contributed by atoms with E-state index < -0.39 is 31.1 Å². The van der Waals surface area contributed by atoms with Gasteiger partial charge in [0.25, 0.3) is 0 Å². The minimum atomic E-state index is -1.21. The van der Waals surface area contributed by atoms with Gasteiger partial charge >= 0.3 is 0 Å². The van der Waals surface area contributed by atoms with Gasteiger partial charge in [-0.1, -0.05) is 0 Å². The maximum Gasteiger partial charge on any atom is 0.210 e. The van der Waals surface area contributed by atoms with Gasteiger partial charge in [0.2, 0.25) is 5.95 Å². The number of ether oxygens (including phenoxy) is 1. The molecule has 2 aliphatic rings. The Morgan fingerprint density at radius 3 is 2.62 bits per heavy atom. The van der Waals surface area contributed by atoms with Crippen molar-refractivity contribution in [3.63, 3.8) is 0 Å². The van der Waals surface area contributed by atoms with Gasteiger partial charge in [-0.25, -0.2) is 15.0 Å². The van der Waals surface area contributed by atoms with E-state index in [0.717, 1.165) is 25.9 Å². The molecule has 0 amide bonds. The number of nitrogens with two attached hydrogens (primary N) is 1. The summed E-state index contributed by atoms with van der Waals surface area (Å²) in [6.45, 7) is 1.26. The van der Waals surface area contributed by atoms with Gasteiger partial charge in [-0.15, -0.1) is 0 Å². The molecule has 130 valence electrons. The number of hydrogen-bond acceptors (Lipinski definition) is 9. The topological polar surface area (TPSA) is 143 Å². The first-order chi connectivity index (χ1) is 11.6. The molecule has 4 heterocycles. The molecule has 0 unspecified atom stereocenters. The second kappa shape index (κ2) is 5.81. The number of aliphatic hydroxyl groups is 3. The molecule has 2 aliphatic heterocycles. The van der Waals surface area contributed by atoms with Crippen molar-refractivity contribution < 1.29 is 20.1 Å². The van der Waals surface area contributed by atoms with E-state index in [9.17, 15) is 15.3 Å². The minimum absolute atomic E-state index is 0.242. The van der Waals surface area contributed by atoms with Gasteiger partial charge in [0.1, 0.15) is 24.6 Å². The average molecular weight is 336 g/mol. The molecular weight excluding hydrogens is 316 g/mol. The van der Waals surface area contributed by atoms with E-state index in [1.54, 1.807) is 4.57 Å². The number of rotatable bonds is 3. The molecule has 4 rings (SSSR count). The number of aromatic nitrogens is 4. The van der Waals surface area contributed by atoms with Crippen molar-refractivity contribution in [3.8, 4) is 0 Å². The Bertz CT molecular complexity index is 746. The van der Waals surface area contributed by atoms with Crippen molar-refractivity contribution in [2.24, 2.45) is 0 Å². The first-order valence-electron chi connectivity index (χ1n) is 7.97. The number of nitrogen functional groups attached to an aromatic ring is 1. The van der Waals surface area contributed by atoms with Gasteiger partial charge in [-0.05, 0) is 12.8 Å². The molecule has 0 spiro atoms. The van der Waals surface area contributed by atoms with E-state index in [1.807, 2.05) is 0 Å². The van der Waals surface area contributed by atoms with Crippen molar-refractivity contribution >= 4 is 22.9 Å². The molecule has 0 aromatic carbocycles. The zero-order chi connectivity index (χ0) is 16.8. The quantitative estimate of drug-likeness (QED) is 0.533. The highest BCUT2D eigenvalue weighted by Crippen LogP contribution is 2.36. The van der Waals surface area contributed by atoms with Gasteiger partial charge in [0.15, 0.2) is 23.2 Å². The lowest BCUT2D eigenvalue weighted by atomic mass is 10.1. The molecule has 0 bridgehead atoms. The molecule has 5 N–H and O–H groups in total. The van der Waals surface area contributed by atoms with Crippen LogP contribution in [-0.2, 0) is 4.74 Å². The first-order valence-corrected chi connectivity index (χ1v) is 7.97. The summed E-state index contributed by atoms with van der Waals surface area (Å²) in [7, 11) is 0. The van der Waals surface area contributed by atoms with Gasteiger partial charge in [-0.2, -0.15) is 0 Å². The van der Waals surface area contributed by atoms with Crippen LogP contribution >= 0.6 is 0 Å². The fourth-order valence-electron chi connectivity index (χ4n) is 3.38. The molecule has 2 aromatic rings. The molecule has 10 nitrogen and oxygen atoms in total. The summed E-state index contributed by atoms with van der Waals surface area (Å²) in [5, 5.41) is 29.8. The Morgan fingerprint density at radius 1 is 1.21 bits per heavy atom.